The van der Waals surface area contributed by atoms with E-state index in [0.29, 0.717) is 28.0 Å². The van der Waals surface area contributed by atoms with E-state index in [1.807, 2.05) is 13.8 Å². The molecule has 0 unspecified atom stereocenters. The molecular weight excluding hydrogens is 498 g/mol. The number of hydrogen-bond acceptors (Lipinski definition) is 6. The van der Waals surface area contributed by atoms with Gasteiger partial charge in [0.1, 0.15) is 10.6 Å². The number of rotatable bonds is 8. The number of sulfonamides is 1. The zero-order valence-electron chi connectivity index (χ0n) is 17.4. The fourth-order valence-corrected chi connectivity index (χ4v) is 5.02. The molecule has 0 radical (unpaired) electrons. The van der Waals surface area contributed by atoms with E-state index in [1.165, 1.54) is 18.3 Å². The SMILES string of the molecule is CC(C)Oc1cc(Nc2c(S(=O)(=O)NC3CC3)cnc3cc(Br)ccc23)cc(C(=O)O)c1. The summed E-state index contributed by atoms with van der Waals surface area (Å²) in [5.41, 5.74) is 1.31. The summed E-state index contributed by atoms with van der Waals surface area (Å²) >= 11 is 3.41. The van der Waals surface area contributed by atoms with Crippen molar-refractivity contribution in [3.8, 4) is 5.75 Å². The number of nitrogens with zero attached hydrogens (tertiary/aromatic N) is 1. The number of aromatic nitrogens is 1. The van der Waals surface area contributed by atoms with Gasteiger partial charge in [0.25, 0.3) is 0 Å². The molecule has 0 saturated heterocycles. The Balaban J connectivity index is 1.86. The van der Waals surface area contributed by atoms with Gasteiger partial charge < -0.3 is 15.2 Å². The Morgan fingerprint density at radius 3 is 2.62 bits per heavy atom. The number of carboxylic acid groups (broad SMARTS) is 1. The molecule has 8 nitrogen and oxygen atoms in total. The van der Waals surface area contributed by atoms with Crippen LogP contribution in [0.15, 0.2) is 52.0 Å². The fraction of sp³-hybridized carbons (Fsp3) is 0.273. The molecule has 3 aromatic rings. The minimum Gasteiger partial charge on any atom is -0.491 e. The number of carboxylic acids is 1. The van der Waals surface area contributed by atoms with E-state index in [2.05, 4.69) is 31.0 Å². The maximum Gasteiger partial charge on any atom is 0.335 e. The van der Waals surface area contributed by atoms with Gasteiger partial charge in [0.05, 0.1) is 22.9 Å². The third-order valence-corrected chi connectivity index (χ3v) is 6.81. The second-order valence-electron chi connectivity index (χ2n) is 7.90. The lowest BCUT2D eigenvalue weighted by molar-refractivity contribution is 0.0696. The van der Waals surface area contributed by atoms with Crippen LogP contribution < -0.4 is 14.8 Å². The molecule has 0 atom stereocenters. The molecule has 1 aromatic heterocycles. The molecule has 2 aromatic carbocycles. The van der Waals surface area contributed by atoms with Crippen molar-refractivity contribution in [2.45, 2.75) is 43.7 Å². The van der Waals surface area contributed by atoms with Crippen LogP contribution in [0.1, 0.15) is 37.0 Å². The van der Waals surface area contributed by atoms with Crippen molar-refractivity contribution in [3.63, 3.8) is 0 Å². The van der Waals surface area contributed by atoms with Gasteiger partial charge in [-0.05, 0) is 57.0 Å². The summed E-state index contributed by atoms with van der Waals surface area (Å²) in [5, 5.41) is 13.2. The van der Waals surface area contributed by atoms with E-state index < -0.39 is 16.0 Å². The molecule has 1 fully saturated rings. The Kier molecular flexibility index (Phi) is 6.11. The summed E-state index contributed by atoms with van der Waals surface area (Å²) in [6.07, 6.45) is 2.75. The van der Waals surface area contributed by atoms with Gasteiger partial charge in [-0.2, -0.15) is 0 Å². The minimum atomic E-state index is -3.84. The first-order chi connectivity index (χ1) is 15.1. The van der Waals surface area contributed by atoms with E-state index in [-0.39, 0.29) is 22.6 Å². The average Bonchev–Trinajstić information content (AvgIpc) is 3.50. The Morgan fingerprint density at radius 1 is 1.22 bits per heavy atom. The first-order valence-corrected chi connectivity index (χ1v) is 12.3. The molecule has 1 heterocycles. The Labute approximate surface area is 194 Å². The molecule has 1 aliphatic carbocycles. The zero-order valence-corrected chi connectivity index (χ0v) is 19.8. The second kappa shape index (κ2) is 8.68. The van der Waals surface area contributed by atoms with Crippen molar-refractivity contribution in [3.05, 3.63) is 52.6 Å². The molecule has 32 heavy (non-hydrogen) atoms. The standard InChI is InChI=1S/C22H22BrN3O5S/c1-12(2)31-17-8-13(22(27)28)7-16(10-17)25-21-18-6-3-14(23)9-19(18)24-11-20(21)32(29,30)26-15-4-5-15/h3,6-12,15,26H,4-5H2,1-2H3,(H,24,25)(H,27,28). The van der Waals surface area contributed by atoms with Crippen LogP contribution in [0.3, 0.4) is 0 Å². The summed E-state index contributed by atoms with van der Waals surface area (Å²) in [5.74, 6) is -0.752. The topological polar surface area (TPSA) is 118 Å². The van der Waals surface area contributed by atoms with Gasteiger partial charge in [0.2, 0.25) is 10.0 Å². The van der Waals surface area contributed by atoms with E-state index in [1.54, 1.807) is 24.3 Å². The number of carbonyl (C=O) groups is 1. The molecule has 168 valence electrons. The first kappa shape index (κ1) is 22.5. The van der Waals surface area contributed by atoms with E-state index in [4.69, 9.17) is 4.74 Å². The van der Waals surface area contributed by atoms with Crippen LogP contribution in [0.4, 0.5) is 11.4 Å². The second-order valence-corrected chi connectivity index (χ2v) is 10.5. The van der Waals surface area contributed by atoms with Gasteiger partial charge in [-0.15, -0.1) is 0 Å². The highest BCUT2D eigenvalue weighted by molar-refractivity contribution is 9.10. The Morgan fingerprint density at radius 2 is 1.97 bits per heavy atom. The van der Waals surface area contributed by atoms with Crippen LogP contribution in [-0.4, -0.2) is 36.6 Å². The smallest absolute Gasteiger partial charge is 0.335 e. The minimum absolute atomic E-state index is 0.00808. The van der Waals surface area contributed by atoms with Crippen LogP contribution in [0.5, 0.6) is 5.75 Å². The molecule has 0 aliphatic heterocycles. The number of halogens is 1. The van der Waals surface area contributed by atoms with E-state index >= 15 is 0 Å². The number of nitrogens with one attached hydrogen (secondary N) is 2. The first-order valence-electron chi connectivity index (χ1n) is 10.0. The summed E-state index contributed by atoms with van der Waals surface area (Å²) in [7, 11) is -3.84. The van der Waals surface area contributed by atoms with Crippen molar-refractivity contribution in [2.75, 3.05) is 5.32 Å². The van der Waals surface area contributed by atoms with E-state index in [9.17, 15) is 18.3 Å². The van der Waals surface area contributed by atoms with Crippen LogP contribution >= 0.6 is 15.9 Å². The van der Waals surface area contributed by atoms with Crippen molar-refractivity contribution >= 4 is 54.2 Å². The van der Waals surface area contributed by atoms with Crippen LogP contribution in [-0.2, 0) is 10.0 Å². The molecule has 4 rings (SSSR count). The number of ether oxygens (including phenoxy) is 1. The quantitative estimate of drug-likeness (QED) is 0.395. The van der Waals surface area contributed by atoms with Crippen molar-refractivity contribution in [2.24, 2.45) is 0 Å². The molecule has 0 bridgehead atoms. The van der Waals surface area contributed by atoms with Gasteiger partial charge in [0.15, 0.2) is 0 Å². The van der Waals surface area contributed by atoms with Crippen LogP contribution in [0.2, 0.25) is 0 Å². The normalized spacial score (nSPS) is 14.0. The highest BCUT2D eigenvalue weighted by Gasteiger charge is 2.30. The maximum absolute atomic E-state index is 13.1. The maximum atomic E-state index is 13.1. The van der Waals surface area contributed by atoms with E-state index in [0.717, 1.165) is 17.3 Å². The van der Waals surface area contributed by atoms with Crippen molar-refractivity contribution in [1.82, 2.24) is 9.71 Å². The van der Waals surface area contributed by atoms with Gasteiger partial charge in [-0.3, -0.25) is 4.98 Å². The highest BCUT2D eigenvalue weighted by Crippen LogP contribution is 2.35. The predicted molar refractivity (Wildman–Crippen MR) is 125 cm³/mol. The molecule has 3 N–H and O–H groups in total. The number of fused-ring (bicyclic) bond motifs is 1. The van der Waals surface area contributed by atoms with Crippen molar-refractivity contribution < 1.29 is 23.1 Å². The molecule has 1 saturated carbocycles. The van der Waals surface area contributed by atoms with Gasteiger partial charge in [-0.1, -0.05) is 15.9 Å². The number of hydrogen-bond donors (Lipinski definition) is 3. The number of anilines is 2. The summed E-state index contributed by atoms with van der Waals surface area (Å²) in [4.78, 5) is 16.0. The average molecular weight is 520 g/mol. The summed E-state index contributed by atoms with van der Waals surface area (Å²) in [6.45, 7) is 3.67. The van der Waals surface area contributed by atoms with Crippen LogP contribution in [0, 0.1) is 0 Å². The fourth-order valence-electron chi connectivity index (χ4n) is 3.24. The number of pyridine rings is 1. The monoisotopic (exact) mass is 519 g/mol. The summed E-state index contributed by atoms with van der Waals surface area (Å²) in [6, 6.07) is 9.77. The number of benzene rings is 2. The third kappa shape index (κ3) is 5.03. The van der Waals surface area contributed by atoms with Crippen molar-refractivity contribution in [1.29, 1.82) is 0 Å². The Bertz CT molecular complexity index is 1310. The molecule has 0 amide bonds. The highest BCUT2D eigenvalue weighted by atomic mass is 79.9. The molecule has 10 heteroatoms. The zero-order chi connectivity index (χ0) is 23.0. The largest absolute Gasteiger partial charge is 0.491 e. The molecule has 1 aliphatic rings. The summed E-state index contributed by atoms with van der Waals surface area (Å²) < 4.78 is 35.3. The van der Waals surface area contributed by atoms with Gasteiger partial charge >= 0.3 is 5.97 Å². The lowest BCUT2D eigenvalue weighted by Gasteiger charge is -2.17. The van der Waals surface area contributed by atoms with Gasteiger partial charge in [0, 0.05) is 33.9 Å². The third-order valence-electron chi connectivity index (χ3n) is 4.78. The Hall–Kier alpha value is -2.69. The molecule has 0 spiro atoms. The van der Waals surface area contributed by atoms with Crippen LogP contribution in [0.25, 0.3) is 10.9 Å². The lowest BCUT2D eigenvalue weighted by atomic mass is 10.1. The molecular formula is C22H22BrN3O5S. The van der Waals surface area contributed by atoms with Gasteiger partial charge in [-0.25, -0.2) is 17.9 Å². The number of aromatic carboxylic acids is 1. The predicted octanol–water partition coefficient (Wildman–Crippen LogP) is 4.67. The lowest BCUT2D eigenvalue weighted by Crippen LogP contribution is -2.26.